The van der Waals surface area contributed by atoms with E-state index in [9.17, 15) is 13.5 Å². The summed E-state index contributed by atoms with van der Waals surface area (Å²) in [5, 5.41) is 10.7. The van der Waals surface area contributed by atoms with Gasteiger partial charge in [0.1, 0.15) is 5.60 Å². The molecule has 2 aromatic carbocycles. The van der Waals surface area contributed by atoms with E-state index in [2.05, 4.69) is 24.7 Å². The second-order valence-corrected chi connectivity index (χ2v) is 11.0. The summed E-state index contributed by atoms with van der Waals surface area (Å²) in [5.74, 6) is -0.222. The second kappa shape index (κ2) is 9.90. The first-order valence-corrected chi connectivity index (χ1v) is 13.4. The lowest BCUT2D eigenvalue weighted by atomic mass is 10.0. The third-order valence-electron chi connectivity index (χ3n) is 5.94. The van der Waals surface area contributed by atoms with Gasteiger partial charge in [-0.2, -0.15) is 0 Å². The summed E-state index contributed by atoms with van der Waals surface area (Å²) in [7, 11) is -4.17. The Balaban J connectivity index is 1.57. The van der Waals surface area contributed by atoms with Crippen molar-refractivity contribution < 1.29 is 13.5 Å². The van der Waals surface area contributed by atoms with Gasteiger partial charge in [-0.1, -0.05) is 48.5 Å². The van der Waals surface area contributed by atoms with Gasteiger partial charge in [0, 0.05) is 22.7 Å². The third-order valence-corrected chi connectivity index (χ3v) is 7.28. The molecule has 0 amide bonds. The molecule has 5 aromatic rings. The highest BCUT2D eigenvalue weighted by atomic mass is 32.2. The van der Waals surface area contributed by atoms with Gasteiger partial charge in [-0.25, -0.2) is 23.1 Å². The van der Waals surface area contributed by atoms with E-state index < -0.39 is 15.6 Å². The lowest BCUT2D eigenvalue weighted by molar-refractivity contribution is 0.0736. The van der Waals surface area contributed by atoms with E-state index in [0.717, 1.165) is 16.5 Å². The van der Waals surface area contributed by atoms with Crippen molar-refractivity contribution in [3.63, 3.8) is 0 Å². The van der Waals surface area contributed by atoms with Crippen LogP contribution in [0.15, 0.2) is 90.1 Å². The van der Waals surface area contributed by atoms with Crippen molar-refractivity contribution in [3.8, 4) is 22.5 Å². The zero-order chi connectivity index (χ0) is 26.9. The molecule has 3 aromatic heterocycles. The minimum absolute atomic E-state index is 0.120. The lowest BCUT2D eigenvalue weighted by Gasteiger charge is -2.17. The summed E-state index contributed by atoms with van der Waals surface area (Å²) in [4.78, 5) is 17.8. The molecule has 0 saturated carbocycles. The number of nitrogen functional groups attached to an aromatic ring is 1. The Kier molecular flexibility index (Phi) is 6.62. The first-order valence-electron chi connectivity index (χ1n) is 11.9. The van der Waals surface area contributed by atoms with Crippen LogP contribution in [0.4, 0.5) is 5.82 Å². The van der Waals surface area contributed by atoms with Gasteiger partial charge < -0.3 is 10.8 Å². The molecule has 3 heterocycles. The molecule has 5 rings (SSSR count). The average Bonchev–Trinajstić information content (AvgIpc) is 2.91. The van der Waals surface area contributed by atoms with Crippen molar-refractivity contribution in [3.05, 3.63) is 96.4 Å². The molecule has 0 radical (unpaired) electrons. The van der Waals surface area contributed by atoms with E-state index in [1.54, 1.807) is 38.2 Å². The summed E-state index contributed by atoms with van der Waals surface area (Å²) in [6.07, 6.45) is 1.71. The van der Waals surface area contributed by atoms with Crippen molar-refractivity contribution in [1.82, 2.24) is 24.7 Å². The number of aromatic nitrogens is 4. The molecule has 0 saturated heterocycles. The molecule has 0 spiro atoms. The maximum absolute atomic E-state index is 13.4. The van der Waals surface area contributed by atoms with E-state index in [0.29, 0.717) is 28.3 Å². The summed E-state index contributed by atoms with van der Waals surface area (Å²) in [6, 6.07) is 23.7. The van der Waals surface area contributed by atoms with Gasteiger partial charge in [0.25, 0.3) is 10.0 Å². The molecular weight excluding hydrogens is 500 g/mol. The van der Waals surface area contributed by atoms with Crippen LogP contribution in [0, 0.1) is 0 Å². The van der Waals surface area contributed by atoms with Gasteiger partial charge in [-0.05, 0) is 44.2 Å². The fourth-order valence-electron chi connectivity index (χ4n) is 4.01. The Morgan fingerprint density at radius 3 is 2.39 bits per heavy atom. The molecule has 0 atom stereocenters. The van der Waals surface area contributed by atoms with Crippen LogP contribution in [0.25, 0.3) is 33.4 Å². The predicted octanol–water partition coefficient (Wildman–Crippen LogP) is 4.04. The summed E-state index contributed by atoms with van der Waals surface area (Å²) >= 11 is 0. The topological polar surface area (TPSA) is 144 Å². The predicted molar refractivity (Wildman–Crippen MR) is 146 cm³/mol. The fourth-order valence-corrected chi connectivity index (χ4v) is 5.02. The SMILES string of the molecule is CC(C)(O)c1cccc(CNS(=O)(=O)c2nc(-c3ccc4ncccc4c3)c(-c3ccccc3)nc2N)n1. The number of sulfonamides is 1. The standard InChI is InChI=1S/C28H26N6O3S/c1-28(2,35)23-12-6-11-21(32-23)17-31-38(36,37)27-26(29)33-24(18-8-4-3-5-9-18)25(34-27)20-13-14-22-19(16-20)10-7-15-30-22/h3-16,31,35H,17H2,1-2H3,(H2,29,33). The monoisotopic (exact) mass is 526 g/mol. The molecule has 0 fully saturated rings. The van der Waals surface area contributed by atoms with Crippen LogP contribution in [0.2, 0.25) is 0 Å². The van der Waals surface area contributed by atoms with Gasteiger partial charge in [0.2, 0.25) is 5.03 Å². The molecule has 4 N–H and O–H groups in total. The van der Waals surface area contributed by atoms with Gasteiger partial charge in [0.05, 0.1) is 34.8 Å². The number of hydrogen-bond acceptors (Lipinski definition) is 8. The smallest absolute Gasteiger partial charge is 0.262 e. The summed E-state index contributed by atoms with van der Waals surface area (Å²) in [5.41, 5.74) is 8.94. The van der Waals surface area contributed by atoms with Crippen molar-refractivity contribution >= 4 is 26.7 Å². The van der Waals surface area contributed by atoms with Crippen LogP contribution in [0.1, 0.15) is 25.2 Å². The molecule has 38 heavy (non-hydrogen) atoms. The first-order chi connectivity index (χ1) is 18.1. The number of fused-ring (bicyclic) bond motifs is 1. The Morgan fingerprint density at radius 1 is 0.868 bits per heavy atom. The second-order valence-electron chi connectivity index (χ2n) is 9.29. The molecule has 0 aliphatic rings. The van der Waals surface area contributed by atoms with Crippen LogP contribution < -0.4 is 10.5 Å². The summed E-state index contributed by atoms with van der Waals surface area (Å²) in [6.45, 7) is 3.10. The van der Waals surface area contributed by atoms with Crippen LogP contribution in [0.5, 0.6) is 0 Å². The van der Waals surface area contributed by atoms with Crippen molar-refractivity contribution in [2.45, 2.75) is 31.0 Å². The molecule has 10 heteroatoms. The zero-order valence-electron chi connectivity index (χ0n) is 20.8. The number of aliphatic hydroxyl groups is 1. The highest BCUT2D eigenvalue weighted by molar-refractivity contribution is 7.89. The molecule has 9 nitrogen and oxygen atoms in total. The maximum atomic E-state index is 13.4. The minimum atomic E-state index is -4.17. The molecule has 0 bridgehead atoms. The third kappa shape index (κ3) is 5.23. The molecule has 192 valence electrons. The largest absolute Gasteiger partial charge is 0.384 e. The normalized spacial score (nSPS) is 12.1. The lowest BCUT2D eigenvalue weighted by Crippen LogP contribution is -2.27. The van der Waals surface area contributed by atoms with Gasteiger partial charge in [-0.15, -0.1) is 0 Å². The number of hydrogen-bond donors (Lipinski definition) is 3. The van der Waals surface area contributed by atoms with E-state index in [1.165, 1.54) is 0 Å². The van der Waals surface area contributed by atoms with Gasteiger partial charge in [0.15, 0.2) is 5.82 Å². The van der Waals surface area contributed by atoms with E-state index in [4.69, 9.17) is 5.73 Å². The molecule has 0 aliphatic heterocycles. The van der Waals surface area contributed by atoms with Crippen LogP contribution >= 0.6 is 0 Å². The van der Waals surface area contributed by atoms with Crippen molar-refractivity contribution in [2.75, 3.05) is 5.73 Å². The fraction of sp³-hybridized carbons (Fsp3) is 0.143. The number of anilines is 1. The van der Waals surface area contributed by atoms with E-state index >= 15 is 0 Å². The minimum Gasteiger partial charge on any atom is -0.384 e. The number of rotatable bonds is 7. The quantitative estimate of drug-likeness (QED) is 0.288. The first kappa shape index (κ1) is 25.4. The van der Waals surface area contributed by atoms with Gasteiger partial charge in [-0.3, -0.25) is 9.97 Å². The van der Waals surface area contributed by atoms with E-state index in [1.807, 2.05) is 60.7 Å². The number of nitrogens with zero attached hydrogens (tertiary/aromatic N) is 4. The van der Waals surface area contributed by atoms with E-state index in [-0.39, 0.29) is 17.4 Å². The van der Waals surface area contributed by atoms with Crippen molar-refractivity contribution in [1.29, 1.82) is 0 Å². The number of pyridine rings is 2. The Bertz CT molecular complexity index is 1740. The number of benzene rings is 2. The van der Waals surface area contributed by atoms with Crippen LogP contribution in [-0.4, -0.2) is 33.5 Å². The number of nitrogens with two attached hydrogens (primary N) is 1. The maximum Gasteiger partial charge on any atom is 0.262 e. The van der Waals surface area contributed by atoms with Crippen LogP contribution in [-0.2, 0) is 22.2 Å². The summed E-state index contributed by atoms with van der Waals surface area (Å²) < 4.78 is 29.3. The Morgan fingerprint density at radius 2 is 1.63 bits per heavy atom. The molecule has 0 aliphatic carbocycles. The van der Waals surface area contributed by atoms with Crippen LogP contribution in [0.3, 0.4) is 0 Å². The Hall–Kier alpha value is -4.25. The molecular formula is C28H26N6O3S. The zero-order valence-corrected chi connectivity index (χ0v) is 21.6. The molecule has 0 unspecified atom stereocenters. The number of nitrogens with one attached hydrogen (secondary N) is 1. The Labute approximate surface area is 220 Å². The highest BCUT2D eigenvalue weighted by Gasteiger charge is 2.25. The highest BCUT2D eigenvalue weighted by Crippen LogP contribution is 2.33. The average molecular weight is 527 g/mol. The van der Waals surface area contributed by atoms with Gasteiger partial charge >= 0.3 is 0 Å². The van der Waals surface area contributed by atoms with Crippen molar-refractivity contribution in [2.24, 2.45) is 0 Å².